The van der Waals surface area contributed by atoms with Crippen molar-refractivity contribution in [3.8, 4) is 17.2 Å². The van der Waals surface area contributed by atoms with Crippen molar-refractivity contribution < 1.29 is 14.6 Å². The van der Waals surface area contributed by atoms with Crippen LogP contribution in [0.3, 0.4) is 0 Å². The Hall–Kier alpha value is -3.06. The van der Waals surface area contributed by atoms with Gasteiger partial charge in [-0.05, 0) is 24.6 Å². The van der Waals surface area contributed by atoms with Crippen molar-refractivity contribution in [2.24, 2.45) is 0 Å². The molecular formula is C18H18N4O3. The molecule has 2 aromatic carbocycles. The lowest BCUT2D eigenvalue weighted by molar-refractivity contribution is 0.257. The molecule has 0 fully saturated rings. The molecule has 2 heterocycles. The third-order valence-electron chi connectivity index (χ3n) is 4.19. The van der Waals surface area contributed by atoms with Crippen LogP contribution in [-0.2, 0) is 13.0 Å². The average Bonchev–Trinajstić information content (AvgIpc) is 2.96. The smallest absolute Gasteiger partial charge is 0.222 e. The number of hydrogen-bond donors (Lipinski definition) is 3. The Morgan fingerprint density at radius 3 is 2.72 bits per heavy atom. The van der Waals surface area contributed by atoms with E-state index in [1.807, 2.05) is 37.3 Å². The third-order valence-corrected chi connectivity index (χ3v) is 4.19. The summed E-state index contributed by atoms with van der Waals surface area (Å²) in [6.07, 6.45) is 0.718. The second-order valence-corrected chi connectivity index (χ2v) is 6.08. The second kappa shape index (κ2) is 5.78. The quantitative estimate of drug-likeness (QED) is 0.671. The number of aromatic nitrogens is 2. The minimum Gasteiger partial charge on any atom is -0.489 e. The number of nitrogens with two attached hydrogens (primary N) is 2. The molecular weight excluding hydrogens is 320 g/mol. The normalized spacial score (nSPS) is 15.8. The van der Waals surface area contributed by atoms with Crippen LogP contribution >= 0.6 is 0 Å². The van der Waals surface area contributed by atoms with E-state index in [4.69, 9.17) is 26.0 Å². The molecule has 0 spiro atoms. The van der Waals surface area contributed by atoms with E-state index < -0.39 is 0 Å². The van der Waals surface area contributed by atoms with Gasteiger partial charge in [0, 0.05) is 18.1 Å². The number of hydrogen-bond acceptors (Lipinski definition) is 7. The standard InChI is InChI=1S/C18H18N4O3/c1-9-6-12-14(25-11-4-2-10(8-23)3-5-11)7-13-15(16(12)24-9)17(19)22-18(20)21-13/h2-5,7,9,23H,6,8H2,1H3,(H4,19,20,21,22). The molecule has 4 rings (SSSR count). The van der Waals surface area contributed by atoms with E-state index in [-0.39, 0.29) is 18.7 Å². The minimum absolute atomic E-state index is 0.00746. The fourth-order valence-electron chi connectivity index (χ4n) is 3.06. The summed E-state index contributed by atoms with van der Waals surface area (Å²) in [6, 6.07) is 9.06. The van der Waals surface area contributed by atoms with Crippen molar-refractivity contribution in [2.45, 2.75) is 26.1 Å². The molecule has 1 aliphatic rings. The van der Waals surface area contributed by atoms with Gasteiger partial charge in [0.2, 0.25) is 5.95 Å². The number of ether oxygens (including phenoxy) is 2. The highest BCUT2D eigenvalue weighted by Gasteiger charge is 2.28. The van der Waals surface area contributed by atoms with E-state index in [1.165, 1.54) is 0 Å². The highest BCUT2D eigenvalue weighted by Crippen LogP contribution is 2.45. The van der Waals surface area contributed by atoms with Gasteiger partial charge in [-0.15, -0.1) is 0 Å². The summed E-state index contributed by atoms with van der Waals surface area (Å²) in [5.74, 6) is 2.37. The van der Waals surface area contributed by atoms with E-state index in [9.17, 15) is 0 Å². The van der Waals surface area contributed by atoms with Gasteiger partial charge in [0.05, 0.1) is 17.5 Å². The lowest BCUT2D eigenvalue weighted by Crippen LogP contribution is -2.06. The Morgan fingerprint density at radius 1 is 1.24 bits per heavy atom. The van der Waals surface area contributed by atoms with E-state index in [1.54, 1.807) is 0 Å². The molecule has 1 unspecified atom stereocenters. The fraction of sp³-hybridized carbons (Fsp3) is 0.222. The van der Waals surface area contributed by atoms with E-state index in [2.05, 4.69) is 9.97 Å². The Kier molecular flexibility index (Phi) is 3.58. The zero-order valence-corrected chi connectivity index (χ0v) is 13.7. The van der Waals surface area contributed by atoms with E-state index >= 15 is 0 Å². The van der Waals surface area contributed by atoms with Crippen LogP contribution in [0.1, 0.15) is 18.1 Å². The number of nitrogens with zero attached hydrogens (tertiary/aromatic N) is 2. The average molecular weight is 338 g/mol. The summed E-state index contributed by atoms with van der Waals surface area (Å²) in [5.41, 5.74) is 14.1. The van der Waals surface area contributed by atoms with Crippen LogP contribution in [0.15, 0.2) is 30.3 Å². The van der Waals surface area contributed by atoms with Gasteiger partial charge < -0.3 is 26.0 Å². The van der Waals surface area contributed by atoms with E-state index in [0.717, 1.165) is 11.1 Å². The molecule has 0 radical (unpaired) electrons. The lowest BCUT2D eigenvalue weighted by atomic mass is 10.1. The first kappa shape index (κ1) is 15.5. The van der Waals surface area contributed by atoms with Gasteiger partial charge in [-0.2, -0.15) is 4.98 Å². The molecule has 0 bridgehead atoms. The maximum Gasteiger partial charge on any atom is 0.222 e. The monoisotopic (exact) mass is 338 g/mol. The highest BCUT2D eigenvalue weighted by molar-refractivity contribution is 5.97. The first-order valence-electron chi connectivity index (χ1n) is 7.98. The lowest BCUT2D eigenvalue weighted by Gasteiger charge is -2.13. The zero-order chi connectivity index (χ0) is 17.6. The predicted molar refractivity (Wildman–Crippen MR) is 94.6 cm³/mol. The SMILES string of the molecule is CC1Cc2c(Oc3ccc(CO)cc3)cc3nc(N)nc(N)c3c2O1. The van der Waals surface area contributed by atoms with Gasteiger partial charge in [-0.25, -0.2) is 4.98 Å². The minimum atomic E-state index is -0.00746. The van der Waals surface area contributed by atoms with Crippen LogP contribution in [0, 0.1) is 0 Å². The van der Waals surface area contributed by atoms with Crippen molar-refractivity contribution in [1.82, 2.24) is 9.97 Å². The summed E-state index contributed by atoms with van der Waals surface area (Å²) < 4.78 is 12.0. The molecule has 3 aromatic rings. The van der Waals surface area contributed by atoms with Gasteiger partial charge in [0.15, 0.2) is 0 Å². The largest absolute Gasteiger partial charge is 0.489 e. The van der Waals surface area contributed by atoms with Crippen LogP contribution in [0.25, 0.3) is 10.9 Å². The highest BCUT2D eigenvalue weighted by atomic mass is 16.5. The van der Waals surface area contributed by atoms with Crippen LogP contribution in [0.5, 0.6) is 17.2 Å². The van der Waals surface area contributed by atoms with Crippen molar-refractivity contribution in [3.63, 3.8) is 0 Å². The number of benzene rings is 2. The molecule has 0 saturated heterocycles. The van der Waals surface area contributed by atoms with Gasteiger partial charge in [-0.3, -0.25) is 0 Å². The molecule has 128 valence electrons. The van der Waals surface area contributed by atoms with Gasteiger partial charge in [0.1, 0.15) is 29.2 Å². The summed E-state index contributed by atoms with van der Waals surface area (Å²) in [4.78, 5) is 8.30. The van der Waals surface area contributed by atoms with Gasteiger partial charge in [0.25, 0.3) is 0 Å². The molecule has 25 heavy (non-hydrogen) atoms. The molecule has 7 heteroatoms. The summed E-state index contributed by atoms with van der Waals surface area (Å²) >= 11 is 0. The number of nitrogen functional groups attached to an aromatic ring is 2. The van der Waals surface area contributed by atoms with Crippen LogP contribution in [-0.4, -0.2) is 21.2 Å². The molecule has 1 aromatic heterocycles. The molecule has 1 atom stereocenters. The Labute approximate surface area is 144 Å². The van der Waals surface area contributed by atoms with Crippen molar-refractivity contribution in [2.75, 3.05) is 11.5 Å². The zero-order valence-electron chi connectivity index (χ0n) is 13.7. The molecule has 0 aliphatic carbocycles. The maximum atomic E-state index is 9.15. The number of anilines is 2. The van der Waals surface area contributed by atoms with Crippen LogP contribution < -0.4 is 20.9 Å². The number of aliphatic hydroxyl groups is 1. The van der Waals surface area contributed by atoms with Crippen molar-refractivity contribution in [1.29, 1.82) is 0 Å². The van der Waals surface area contributed by atoms with Crippen molar-refractivity contribution >= 4 is 22.7 Å². The number of rotatable bonds is 3. The first-order chi connectivity index (χ1) is 12.0. The van der Waals surface area contributed by atoms with Crippen molar-refractivity contribution in [3.05, 3.63) is 41.5 Å². The predicted octanol–water partition coefficient (Wildman–Crippen LogP) is 2.40. The second-order valence-electron chi connectivity index (χ2n) is 6.08. The number of aliphatic hydroxyl groups excluding tert-OH is 1. The molecule has 1 aliphatic heterocycles. The fourth-order valence-corrected chi connectivity index (χ4v) is 3.06. The number of fused-ring (bicyclic) bond motifs is 3. The topological polar surface area (TPSA) is 117 Å². The molecule has 5 N–H and O–H groups in total. The van der Waals surface area contributed by atoms with Crippen LogP contribution in [0.2, 0.25) is 0 Å². The summed E-state index contributed by atoms with van der Waals surface area (Å²) in [5, 5.41) is 9.81. The Morgan fingerprint density at radius 2 is 2.00 bits per heavy atom. The molecule has 0 amide bonds. The van der Waals surface area contributed by atoms with Crippen LogP contribution in [0.4, 0.5) is 11.8 Å². The van der Waals surface area contributed by atoms with Gasteiger partial charge in [-0.1, -0.05) is 12.1 Å². The van der Waals surface area contributed by atoms with Gasteiger partial charge >= 0.3 is 0 Å². The summed E-state index contributed by atoms with van der Waals surface area (Å²) in [7, 11) is 0. The molecule has 0 saturated carbocycles. The molecule has 7 nitrogen and oxygen atoms in total. The first-order valence-corrected chi connectivity index (χ1v) is 7.98. The Bertz CT molecular complexity index is 957. The maximum absolute atomic E-state index is 9.15. The summed E-state index contributed by atoms with van der Waals surface area (Å²) in [6.45, 7) is 1.98. The van der Waals surface area contributed by atoms with E-state index in [0.29, 0.717) is 40.4 Å². The third kappa shape index (κ3) is 2.68. The Balaban J connectivity index is 1.84.